The third-order valence-corrected chi connectivity index (χ3v) is 8.70. The van der Waals surface area contributed by atoms with Gasteiger partial charge in [-0.15, -0.1) is 0 Å². The Hall–Kier alpha value is -3.27. The van der Waals surface area contributed by atoms with Crippen molar-refractivity contribution in [2.75, 3.05) is 12.3 Å². The molecule has 0 saturated heterocycles. The highest BCUT2D eigenvalue weighted by Gasteiger charge is 2.32. The van der Waals surface area contributed by atoms with Crippen LogP contribution >= 0.6 is 27.5 Å². The number of carbonyl (C=O) groups is 2. The highest BCUT2D eigenvalue weighted by molar-refractivity contribution is 9.10. The molecule has 190 valence electrons. The van der Waals surface area contributed by atoms with Crippen LogP contribution < -0.4 is 5.32 Å². The number of hydrogen-bond donors (Lipinski definition) is 2. The van der Waals surface area contributed by atoms with Crippen molar-refractivity contribution in [3.63, 3.8) is 0 Å². The summed E-state index contributed by atoms with van der Waals surface area (Å²) in [4.78, 5) is 29.7. The average Bonchev–Trinajstić information content (AvgIpc) is 2.84. The van der Waals surface area contributed by atoms with Crippen LogP contribution in [0.3, 0.4) is 0 Å². The van der Waals surface area contributed by atoms with Gasteiger partial charge in [0, 0.05) is 27.0 Å². The molecule has 10 heteroatoms. The first-order valence-corrected chi connectivity index (χ1v) is 14.1. The van der Waals surface area contributed by atoms with Gasteiger partial charge in [-0.1, -0.05) is 76.1 Å². The SMILES string of the molecule is Cc1c(-c2ccccc2)nc2ccc(Br)cc2c1C(=O)NC[C@@H](c1ccccc1Cl)S(=O)(=O)CC(=O)O. The molecule has 0 fully saturated rings. The summed E-state index contributed by atoms with van der Waals surface area (Å²) in [6, 6.07) is 21.1. The van der Waals surface area contributed by atoms with E-state index in [1.807, 2.05) is 36.4 Å². The zero-order chi connectivity index (χ0) is 26.7. The van der Waals surface area contributed by atoms with Gasteiger partial charge in [0.15, 0.2) is 9.84 Å². The fourth-order valence-corrected chi connectivity index (χ4v) is 6.38. The first-order valence-electron chi connectivity index (χ1n) is 11.2. The molecule has 3 aromatic carbocycles. The molecule has 1 aromatic heterocycles. The molecule has 1 heterocycles. The summed E-state index contributed by atoms with van der Waals surface area (Å²) in [5.41, 5.74) is 3.24. The predicted molar refractivity (Wildman–Crippen MR) is 148 cm³/mol. The van der Waals surface area contributed by atoms with Gasteiger partial charge in [-0.3, -0.25) is 9.59 Å². The summed E-state index contributed by atoms with van der Waals surface area (Å²) in [5, 5.41) is 11.3. The van der Waals surface area contributed by atoms with E-state index < -0.39 is 32.7 Å². The monoisotopic (exact) mass is 600 g/mol. The Morgan fingerprint density at radius 1 is 1.05 bits per heavy atom. The largest absolute Gasteiger partial charge is 0.480 e. The van der Waals surface area contributed by atoms with Gasteiger partial charge in [0.1, 0.15) is 11.0 Å². The second-order valence-electron chi connectivity index (χ2n) is 8.41. The molecule has 0 aliphatic rings. The molecule has 4 aromatic rings. The van der Waals surface area contributed by atoms with E-state index >= 15 is 0 Å². The lowest BCUT2D eigenvalue weighted by molar-refractivity contribution is -0.134. The predicted octanol–water partition coefficient (Wildman–Crippen LogP) is 5.60. The molecule has 0 aliphatic heterocycles. The van der Waals surface area contributed by atoms with Gasteiger partial charge in [-0.25, -0.2) is 13.4 Å². The third-order valence-electron chi connectivity index (χ3n) is 5.92. The Bertz CT molecular complexity index is 1610. The van der Waals surface area contributed by atoms with Gasteiger partial charge in [-0.2, -0.15) is 0 Å². The van der Waals surface area contributed by atoms with Crippen LogP contribution in [0.5, 0.6) is 0 Å². The second-order valence-corrected chi connectivity index (χ2v) is 11.9. The van der Waals surface area contributed by atoms with Crippen LogP contribution in [0.4, 0.5) is 0 Å². The van der Waals surface area contributed by atoms with Crippen LogP contribution in [0.15, 0.2) is 77.3 Å². The Balaban J connectivity index is 1.78. The molecule has 0 unspecified atom stereocenters. The van der Waals surface area contributed by atoms with Gasteiger partial charge in [-0.05, 0) is 42.3 Å². The van der Waals surface area contributed by atoms with Gasteiger partial charge >= 0.3 is 5.97 Å². The van der Waals surface area contributed by atoms with Gasteiger partial charge < -0.3 is 10.4 Å². The first kappa shape index (κ1) is 26.8. The van der Waals surface area contributed by atoms with Crippen molar-refractivity contribution in [1.29, 1.82) is 0 Å². The Labute approximate surface area is 227 Å². The zero-order valence-corrected chi connectivity index (χ0v) is 22.8. The highest BCUT2D eigenvalue weighted by atomic mass is 79.9. The van der Waals surface area contributed by atoms with E-state index in [4.69, 9.17) is 16.6 Å². The molecular formula is C27H22BrClN2O5S. The number of nitrogens with one attached hydrogen (secondary N) is 1. The lowest BCUT2D eigenvalue weighted by Gasteiger charge is -2.20. The summed E-state index contributed by atoms with van der Waals surface area (Å²) < 4.78 is 26.7. The molecule has 1 amide bonds. The number of aromatic nitrogens is 1. The van der Waals surface area contributed by atoms with E-state index in [0.717, 1.165) is 10.0 Å². The molecule has 1 atom stereocenters. The molecule has 0 spiro atoms. The fraction of sp³-hybridized carbons (Fsp3) is 0.148. The number of carbonyl (C=O) groups excluding carboxylic acids is 1. The number of carboxylic acid groups (broad SMARTS) is 1. The molecule has 0 saturated carbocycles. The smallest absolute Gasteiger partial charge is 0.318 e. The molecule has 37 heavy (non-hydrogen) atoms. The lowest BCUT2D eigenvalue weighted by atomic mass is 9.97. The number of nitrogens with zero attached hydrogens (tertiary/aromatic N) is 1. The number of rotatable bonds is 8. The minimum absolute atomic E-state index is 0.163. The summed E-state index contributed by atoms with van der Waals surface area (Å²) in [6.07, 6.45) is 0. The fourth-order valence-electron chi connectivity index (χ4n) is 4.21. The van der Waals surface area contributed by atoms with Crippen LogP contribution in [-0.4, -0.2) is 42.7 Å². The minimum Gasteiger partial charge on any atom is -0.480 e. The number of benzene rings is 3. The number of sulfone groups is 1. The topological polar surface area (TPSA) is 113 Å². The lowest BCUT2D eigenvalue weighted by Crippen LogP contribution is -2.34. The number of fused-ring (bicyclic) bond motifs is 1. The minimum atomic E-state index is -4.20. The van der Waals surface area contributed by atoms with E-state index in [0.29, 0.717) is 27.7 Å². The van der Waals surface area contributed by atoms with Crippen molar-refractivity contribution < 1.29 is 23.1 Å². The summed E-state index contributed by atoms with van der Waals surface area (Å²) in [6.45, 7) is 1.42. The second kappa shape index (κ2) is 11.0. The van der Waals surface area contributed by atoms with Crippen LogP contribution in [0.1, 0.15) is 26.7 Å². The Morgan fingerprint density at radius 2 is 1.73 bits per heavy atom. The molecule has 0 bridgehead atoms. The van der Waals surface area contributed by atoms with Crippen molar-refractivity contribution in [3.8, 4) is 11.3 Å². The van der Waals surface area contributed by atoms with Crippen LogP contribution in [0.2, 0.25) is 5.02 Å². The van der Waals surface area contributed by atoms with E-state index in [1.165, 1.54) is 12.1 Å². The van der Waals surface area contributed by atoms with E-state index in [2.05, 4.69) is 21.2 Å². The normalized spacial score (nSPS) is 12.3. The first-order chi connectivity index (χ1) is 17.6. The quantitative estimate of drug-likeness (QED) is 0.272. The number of halogens is 2. The van der Waals surface area contributed by atoms with Crippen molar-refractivity contribution >= 4 is 60.1 Å². The van der Waals surface area contributed by atoms with Crippen LogP contribution in [0.25, 0.3) is 22.2 Å². The van der Waals surface area contributed by atoms with Crippen molar-refractivity contribution in [2.24, 2.45) is 0 Å². The van der Waals surface area contributed by atoms with Crippen molar-refractivity contribution in [1.82, 2.24) is 10.3 Å². The maximum absolute atomic E-state index is 13.6. The Kier molecular flexibility index (Phi) is 7.96. The van der Waals surface area contributed by atoms with Crippen molar-refractivity contribution in [3.05, 3.63) is 99.0 Å². The van der Waals surface area contributed by atoms with Crippen LogP contribution in [0, 0.1) is 6.92 Å². The number of aliphatic carboxylic acids is 1. The number of carboxylic acids is 1. The summed E-state index contributed by atoms with van der Waals surface area (Å²) in [7, 11) is -4.20. The molecule has 0 radical (unpaired) electrons. The molecular weight excluding hydrogens is 580 g/mol. The van der Waals surface area contributed by atoms with E-state index in [9.17, 15) is 23.1 Å². The molecule has 0 aliphatic carbocycles. The Morgan fingerprint density at radius 3 is 2.41 bits per heavy atom. The highest BCUT2D eigenvalue weighted by Crippen LogP contribution is 2.32. The number of hydrogen-bond acceptors (Lipinski definition) is 5. The third kappa shape index (κ3) is 5.84. The zero-order valence-electron chi connectivity index (χ0n) is 19.6. The number of pyridine rings is 1. The molecule has 7 nitrogen and oxygen atoms in total. The maximum Gasteiger partial charge on any atom is 0.318 e. The summed E-state index contributed by atoms with van der Waals surface area (Å²) >= 11 is 9.71. The molecule has 2 N–H and O–H groups in total. The van der Waals surface area contributed by atoms with E-state index in [-0.39, 0.29) is 17.1 Å². The van der Waals surface area contributed by atoms with Gasteiger partial charge in [0.05, 0.1) is 16.8 Å². The average molecular weight is 602 g/mol. The van der Waals surface area contributed by atoms with Gasteiger partial charge in [0.25, 0.3) is 5.91 Å². The standard InChI is InChI=1S/C27H22BrClN2O5S/c1-16-25(20-13-18(28)11-12-22(20)31-26(16)17-7-3-2-4-8-17)27(34)30-14-23(37(35,36)15-24(32)33)19-9-5-6-10-21(19)29/h2-13,23H,14-15H2,1H3,(H,30,34)(H,32,33)/t23-/m0/s1. The number of amides is 1. The van der Waals surface area contributed by atoms with E-state index in [1.54, 1.807) is 31.2 Å². The van der Waals surface area contributed by atoms with Gasteiger partial charge in [0.2, 0.25) is 0 Å². The summed E-state index contributed by atoms with van der Waals surface area (Å²) in [5.74, 6) is -3.10. The molecule has 4 rings (SSSR count). The van der Waals surface area contributed by atoms with Crippen molar-refractivity contribution in [2.45, 2.75) is 12.2 Å². The maximum atomic E-state index is 13.6. The van der Waals surface area contributed by atoms with Crippen LogP contribution in [-0.2, 0) is 14.6 Å².